The summed E-state index contributed by atoms with van der Waals surface area (Å²) in [6, 6.07) is 3.36. The van der Waals surface area contributed by atoms with Crippen LogP contribution in [0, 0.1) is 17.6 Å². The second kappa shape index (κ2) is 5.29. The van der Waals surface area contributed by atoms with Crippen molar-refractivity contribution < 1.29 is 8.78 Å². The Labute approximate surface area is 108 Å². The zero-order valence-corrected chi connectivity index (χ0v) is 10.7. The fraction of sp³-hybridized carbons (Fsp3) is 0.417. The van der Waals surface area contributed by atoms with Gasteiger partial charge in [0.05, 0.1) is 6.54 Å². The molecule has 0 N–H and O–H groups in total. The lowest BCUT2D eigenvalue weighted by atomic mass is 10.1. The van der Waals surface area contributed by atoms with Crippen LogP contribution in [-0.2, 0) is 6.54 Å². The van der Waals surface area contributed by atoms with Crippen molar-refractivity contribution in [3.8, 4) is 5.69 Å². The van der Waals surface area contributed by atoms with Crippen LogP contribution in [0.2, 0.25) is 0 Å². The number of tetrazole rings is 1. The van der Waals surface area contributed by atoms with E-state index in [0.717, 1.165) is 23.2 Å². The standard InChI is InChI=1S/C12H14F2N4O/c1-3-8(2)7-17-12(19)18(16-15-17)11-9(13)5-4-6-10(11)14/h4-6,8H,3,7H2,1-2H3. The molecule has 2 rings (SSSR count). The van der Waals surface area contributed by atoms with Gasteiger partial charge in [-0.1, -0.05) is 26.3 Å². The first-order chi connectivity index (χ1) is 9.04. The molecule has 0 bridgehead atoms. The van der Waals surface area contributed by atoms with Crippen LogP contribution in [0.3, 0.4) is 0 Å². The highest BCUT2D eigenvalue weighted by molar-refractivity contribution is 5.33. The molecule has 0 radical (unpaired) electrons. The third-order valence-corrected chi connectivity index (χ3v) is 2.97. The van der Waals surface area contributed by atoms with E-state index in [-0.39, 0.29) is 5.92 Å². The summed E-state index contributed by atoms with van der Waals surface area (Å²) in [4.78, 5) is 12.0. The maximum Gasteiger partial charge on any atom is 0.368 e. The summed E-state index contributed by atoms with van der Waals surface area (Å²) in [5.74, 6) is -1.47. The van der Waals surface area contributed by atoms with E-state index in [1.807, 2.05) is 13.8 Å². The van der Waals surface area contributed by atoms with E-state index in [1.54, 1.807) is 0 Å². The third kappa shape index (κ3) is 2.54. The van der Waals surface area contributed by atoms with Crippen LogP contribution in [0.4, 0.5) is 8.78 Å². The van der Waals surface area contributed by atoms with Crippen LogP contribution in [0.1, 0.15) is 20.3 Å². The van der Waals surface area contributed by atoms with Crippen molar-refractivity contribution in [2.75, 3.05) is 0 Å². The third-order valence-electron chi connectivity index (χ3n) is 2.97. The molecule has 0 aliphatic rings. The van der Waals surface area contributed by atoms with Gasteiger partial charge in [0.25, 0.3) is 0 Å². The molecule has 7 heteroatoms. The number of aromatic nitrogens is 4. The van der Waals surface area contributed by atoms with E-state index < -0.39 is 23.0 Å². The summed E-state index contributed by atoms with van der Waals surface area (Å²) in [7, 11) is 0. The SMILES string of the molecule is CCC(C)Cn1nnn(-c2c(F)cccc2F)c1=O. The molecular weight excluding hydrogens is 254 g/mol. The van der Waals surface area contributed by atoms with Gasteiger partial charge in [0.1, 0.15) is 5.69 Å². The van der Waals surface area contributed by atoms with Gasteiger partial charge in [-0.15, -0.1) is 0 Å². The lowest BCUT2D eigenvalue weighted by molar-refractivity contribution is 0.423. The minimum Gasteiger partial charge on any atom is -0.244 e. The van der Waals surface area contributed by atoms with E-state index in [1.165, 1.54) is 6.07 Å². The first kappa shape index (κ1) is 13.4. The average molecular weight is 268 g/mol. The molecule has 1 aromatic heterocycles. The number of halogens is 2. The Morgan fingerprint density at radius 1 is 1.26 bits per heavy atom. The van der Waals surface area contributed by atoms with Crippen LogP contribution < -0.4 is 5.69 Å². The normalized spacial score (nSPS) is 12.6. The average Bonchev–Trinajstić information content (AvgIpc) is 2.71. The molecular formula is C12H14F2N4O. The van der Waals surface area contributed by atoms with Gasteiger partial charge in [0.2, 0.25) is 0 Å². The maximum absolute atomic E-state index is 13.6. The Hall–Kier alpha value is -2.05. The zero-order chi connectivity index (χ0) is 14.0. The summed E-state index contributed by atoms with van der Waals surface area (Å²) in [5, 5.41) is 7.18. The Morgan fingerprint density at radius 2 is 1.89 bits per heavy atom. The summed E-state index contributed by atoms with van der Waals surface area (Å²) in [5.41, 5.74) is -1.15. The summed E-state index contributed by atoms with van der Waals surface area (Å²) < 4.78 is 28.9. The van der Waals surface area contributed by atoms with E-state index in [9.17, 15) is 13.6 Å². The lowest BCUT2D eigenvalue weighted by Gasteiger charge is -2.05. The molecule has 0 aliphatic heterocycles. The molecule has 1 atom stereocenters. The summed E-state index contributed by atoms with van der Waals surface area (Å²) >= 11 is 0. The summed E-state index contributed by atoms with van der Waals surface area (Å²) in [6.45, 7) is 4.30. The Kier molecular flexibility index (Phi) is 3.73. The molecule has 1 heterocycles. The Balaban J connectivity index is 2.45. The van der Waals surface area contributed by atoms with Gasteiger partial charge in [-0.2, -0.15) is 9.36 Å². The monoisotopic (exact) mass is 268 g/mol. The molecule has 2 aromatic rings. The minimum absolute atomic E-state index is 0.230. The smallest absolute Gasteiger partial charge is 0.244 e. The first-order valence-electron chi connectivity index (χ1n) is 6.01. The fourth-order valence-corrected chi connectivity index (χ4v) is 1.64. The number of rotatable bonds is 4. The van der Waals surface area contributed by atoms with Gasteiger partial charge in [0, 0.05) is 0 Å². The van der Waals surface area contributed by atoms with Gasteiger partial charge < -0.3 is 0 Å². The predicted octanol–water partition coefficient (Wildman–Crippen LogP) is 1.75. The highest BCUT2D eigenvalue weighted by atomic mass is 19.1. The van der Waals surface area contributed by atoms with E-state index >= 15 is 0 Å². The fourth-order valence-electron chi connectivity index (χ4n) is 1.64. The van der Waals surface area contributed by atoms with E-state index in [0.29, 0.717) is 11.2 Å². The van der Waals surface area contributed by atoms with Crippen LogP contribution in [-0.4, -0.2) is 19.8 Å². The molecule has 5 nitrogen and oxygen atoms in total. The second-order valence-corrected chi connectivity index (χ2v) is 4.44. The second-order valence-electron chi connectivity index (χ2n) is 4.44. The van der Waals surface area contributed by atoms with Crippen LogP contribution >= 0.6 is 0 Å². The molecule has 0 fully saturated rings. The molecule has 0 saturated heterocycles. The van der Waals surface area contributed by atoms with Crippen molar-refractivity contribution in [2.24, 2.45) is 5.92 Å². The largest absolute Gasteiger partial charge is 0.368 e. The minimum atomic E-state index is -0.849. The molecule has 1 aromatic carbocycles. The van der Waals surface area contributed by atoms with Crippen LogP contribution in [0.15, 0.2) is 23.0 Å². The van der Waals surface area contributed by atoms with Crippen molar-refractivity contribution in [1.29, 1.82) is 0 Å². The van der Waals surface area contributed by atoms with Crippen molar-refractivity contribution in [3.63, 3.8) is 0 Å². The van der Waals surface area contributed by atoms with Crippen molar-refractivity contribution in [1.82, 2.24) is 19.8 Å². The lowest BCUT2D eigenvalue weighted by Crippen LogP contribution is -2.27. The van der Waals surface area contributed by atoms with Crippen molar-refractivity contribution in [2.45, 2.75) is 26.8 Å². The van der Waals surface area contributed by atoms with Gasteiger partial charge in [-0.25, -0.2) is 13.6 Å². The highest BCUT2D eigenvalue weighted by Gasteiger charge is 2.17. The molecule has 102 valence electrons. The van der Waals surface area contributed by atoms with Crippen molar-refractivity contribution in [3.05, 3.63) is 40.3 Å². The number of benzene rings is 1. The molecule has 0 spiro atoms. The molecule has 1 unspecified atom stereocenters. The molecule has 0 saturated carbocycles. The Morgan fingerprint density at radius 3 is 2.47 bits per heavy atom. The van der Waals surface area contributed by atoms with Gasteiger partial charge >= 0.3 is 5.69 Å². The van der Waals surface area contributed by atoms with Crippen LogP contribution in [0.5, 0.6) is 0 Å². The maximum atomic E-state index is 13.6. The number of hydrogen-bond acceptors (Lipinski definition) is 3. The zero-order valence-electron chi connectivity index (χ0n) is 10.7. The highest BCUT2D eigenvalue weighted by Crippen LogP contribution is 2.14. The Bertz CT molecular complexity index is 615. The quantitative estimate of drug-likeness (QED) is 0.849. The predicted molar refractivity (Wildman–Crippen MR) is 65.0 cm³/mol. The van der Waals surface area contributed by atoms with Gasteiger partial charge in [-0.05, 0) is 28.5 Å². The topological polar surface area (TPSA) is 52.7 Å². The number of nitrogens with zero attached hydrogens (tertiary/aromatic N) is 4. The molecule has 0 aliphatic carbocycles. The van der Waals surface area contributed by atoms with Gasteiger partial charge in [0.15, 0.2) is 11.6 Å². The van der Waals surface area contributed by atoms with Crippen molar-refractivity contribution >= 4 is 0 Å². The summed E-state index contributed by atoms with van der Waals surface area (Å²) in [6.07, 6.45) is 0.868. The first-order valence-corrected chi connectivity index (χ1v) is 6.01. The van der Waals surface area contributed by atoms with E-state index in [2.05, 4.69) is 10.4 Å². The van der Waals surface area contributed by atoms with Crippen LogP contribution in [0.25, 0.3) is 5.69 Å². The molecule has 0 amide bonds. The van der Waals surface area contributed by atoms with Gasteiger partial charge in [-0.3, -0.25) is 0 Å². The molecule has 19 heavy (non-hydrogen) atoms. The van der Waals surface area contributed by atoms with E-state index in [4.69, 9.17) is 0 Å². The number of hydrogen-bond donors (Lipinski definition) is 0. The number of para-hydroxylation sites is 1.